The van der Waals surface area contributed by atoms with Crippen molar-refractivity contribution in [2.45, 2.75) is 0 Å². The number of carbonyl (C=O) groups excluding carboxylic acids is 3. The van der Waals surface area contributed by atoms with Gasteiger partial charge in [0.2, 0.25) is 0 Å². The van der Waals surface area contributed by atoms with Crippen LogP contribution in [-0.4, -0.2) is 64.8 Å². The van der Waals surface area contributed by atoms with Crippen molar-refractivity contribution in [1.29, 1.82) is 0 Å². The minimum Gasteiger partial charge on any atom is -0.505 e. The highest BCUT2D eigenvalue weighted by atomic mass is 16.5. The van der Waals surface area contributed by atoms with Gasteiger partial charge >= 0.3 is 17.9 Å². The van der Waals surface area contributed by atoms with Crippen molar-refractivity contribution in [3.63, 3.8) is 0 Å². The Morgan fingerprint density at radius 1 is 1.00 bits per heavy atom. The third-order valence-corrected chi connectivity index (χ3v) is 3.83. The number of phenols is 1. The first-order valence-electron chi connectivity index (χ1n) is 7.63. The van der Waals surface area contributed by atoms with Crippen LogP contribution in [0.3, 0.4) is 0 Å². The van der Waals surface area contributed by atoms with Crippen molar-refractivity contribution in [3.8, 4) is 11.5 Å². The lowest BCUT2D eigenvalue weighted by Gasteiger charge is -2.32. The SMILES string of the molecule is COC(=O)C1=C(C(=O)OC)N(c2cc(OC)cc(C(=O)OC)c2O)COC1. The molecule has 1 aliphatic heterocycles. The van der Waals surface area contributed by atoms with Crippen molar-refractivity contribution in [2.75, 3.05) is 46.7 Å². The van der Waals surface area contributed by atoms with E-state index in [-0.39, 0.29) is 41.6 Å². The van der Waals surface area contributed by atoms with Crippen LogP contribution in [0.2, 0.25) is 0 Å². The average molecular weight is 381 g/mol. The molecular weight excluding hydrogens is 362 g/mol. The van der Waals surface area contributed by atoms with Gasteiger partial charge in [-0.1, -0.05) is 0 Å². The van der Waals surface area contributed by atoms with E-state index in [2.05, 4.69) is 9.47 Å². The van der Waals surface area contributed by atoms with Gasteiger partial charge in [0, 0.05) is 6.07 Å². The van der Waals surface area contributed by atoms with Gasteiger partial charge in [0.15, 0.2) is 5.75 Å². The van der Waals surface area contributed by atoms with E-state index in [4.69, 9.17) is 14.2 Å². The fourth-order valence-corrected chi connectivity index (χ4v) is 2.52. The summed E-state index contributed by atoms with van der Waals surface area (Å²) >= 11 is 0. The molecule has 0 amide bonds. The maximum Gasteiger partial charge on any atom is 0.355 e. The highest BCUT2D eigenvalue weighted by molar-refractivity contribution is 6.04. The summed E-state index contributed by atoms with van der Waals surface area (Å²) in [6.07, 6.45) is 0. The Kier molecular flexibility index (Phi) is 6.24. The maximum absolute atomic E-state index is 12.3. The molecule has 0 fully saturated rings. The third kappa shape index (κ3) is 3.80. The van der Waals surface area contributed by atoms with Crippen molar-refractivity contribution < 1.29 is 43.2 Å². The molecule has 0 unspecified atom stereocenters. The molecule has 0 aliphatic carbocycles. The van der Waals surface area contributed by atoms with Crippen LogP contribution in [0.15, 0.2) is 23.4 Å². The van der Waals surface area contributed by atoms with E-state index in [1.165, 1.54) is 24.1 Å². The molecule has 0 saturated carbocycles. The lowest BCUT2D eigenvalue weighted by atomic mass is 10.1. The molecule has 10 nitrogen and oxygen atoms in total. The standard InChI is InChI=1S/C17H19NO9/c1-23-9-5-10(15(20)24-2)14(19)12(6-9)18-8-27-7-11(16(21)25-3)13(18)17(22)26-4/h5-6,19H,7-8H2,1-4H3. The highest BCUT2D eigenvalue weighted by Crippen LogP contribution is 2.39. The van der Waals surface area contributed by atoms with Crippen LogP contribution in [0.1, 0.15) is 10.4 Å². The van der Waals surface area contributed by atoms with Crippen LogP contribution in [0.5, 0.6) is 11.5 Å². The van der Waals surface area contributed by atoms with E-state index in [9.17, 15) is 19.5 Å². The summed E-state index contributed by atoms with van der Waals surface area (Å²) in [6, 6.07) is 2.65. The Morgan fingerprint density at radius 2 is 1.63 bits per heavy atom. The Hall–Kier alpha value is -3.27. The Labute approximate surface area is 154 Å². The summed E-state index contributed by atoms with van der Waals surface area (Å²) in [7, 11) is 4.81. The molecule has 146 valence electrons. The molecular formula is C17H19NO9. The molecule has 2 rings (SSSR count). The van der Waals surface area contributed by atoms with Gasteiger partial charge < -0.3 is 33.7 Å². The number of hydrogen-bond donors (Lipinski definition) is 1. The third-order valence-electron chi connectivity index (χ3n) is 3.83. The largest absolute Gasteiger partial charge is 0.505 e. The minimum atomic E-state index is -0.847. The molecule has 0 bridgehead atoms. The van der Waals surface area contributed by atoms with Crippen LogP contribution in [0.4, 0.5) is 5.69 Å². The quantitative estimate of drug-likeness (QED) is 0.573. The van der Waals surface area contributed by atoms with Crippen molar-refractivity contribution in [1.82, 2.24) is 0 Å². The summed E-state index contributed by atoms with van der Waals surface area (Å²) in [6.45, 7) is -0.394. The summed E-state index contributed by atoms with van der Waals surface area (Å²) in [4.78, 5) is 37.5. The number of anilines is 1. The number of methoxy groups -OCH3 is 4. The summed E-state index contributed by atoms with van der Waals surface area (Å²) in [5.74, 6) is -2.74. The number of carbonyl (C=O) groups is 3. The summed E-state index contributed by atoms with van der Waals surface area (Å²) in [5, 5.41) is 10.6. The van der Waals surface area contributed by atoms with Gasteiger partial charge in [0.25, 0.3) is 0 Å². The number of phenolic OH excluding ortho intramolecular Hbond substituents is 1. The topological polar surface area (TPSA) is 121 Å². The van der Waals surface area contributed by atoms with E-state index < -0.39 is 23.7 Å². The molecule has 10 heteroatoms. The lowest BCUT2D eigenvalue weighted by Crippen LogP contribution is -2.39. The van der Waals surface area contributed by atoms with Crippen LogP contribution in [0.25, 0.3) is 0 Å². The molecule has 27 heavy (non-hydrogen) atoms. The number of rotatable bonds is 5. The van der Waals surface area contributed by atoms with Gasteiger partial charge in [-0.15, -0.1) is 0 Å². The predicted molar refractivity (Wildman–Crippen MR) is 90.4 cm³/mol. The van der Waals surface area contributed by atoms with Crippen LogP contribution in [0, 0.1) is 0 Å². The van der Waals surface area contributed by atoms with Crippen LogP contribution >= 0.6 is 0 Å². The van der Waals surface area contributed by atoms with Crippen molar-refractivity contribution in [3.05, 3.63) is 29.0 Å². The Bertz CT molecular complexity index is 800. The second-order valence-corrected chi connectivity index (χ2v) is 5.25. The second-order valence-electron chi connectivity index (χ2n) is 5.25. The van der Waals surface area contributed by atoms with E-state index in [1.54, 1.807) is 0 Å². The predicted octanol–water partition coefficient (Wildman–Crippen LogP) is 0.582. The van der Waals surface area contributed by atoms with Crippen molar-refractivity contribution >= 4 is 23.6 Å². The number of ether oxygens (including phenoxy) is 5. The lowest BCUT2D eigenvalue weighted by molar-refractivity contribution is -0.140. The molecule has 1 heterocycles. The molecule has 0 radical (unpaired) electrons. The fraction of sp³-hybridized carbons (Fsp3) is 0.353. The van der Waals surface area contributed by atoms with E-state index >= 15 is 0 Å². The Morgan fingerprint density at radius 3 is 2.19 bits per heavy atom. The summed E-state index contributed by atoms with van der Waals surface area (Å²) in [5.41, 5.74) is -0.495. The molecule has 1 aliphatic rings. The van der Waals surface area contributed by atoms with Gasteiger partial charge in [-0.2, -0.15) is 0 Å². The van der Waals surface area contributed by atoms with Gasteiger partial charge in [-0.05, 0) is 6.07 Å². The second kappa shape index (κ2) is 8.41. The number of aromatic hydroxyl groups is 1. The van der Waals surface area contributed by atoms with E-state index in [1.807, 2.05) is 0 Å². The van der Waals surface area contributed by atoms with Gasteiger partial charge in [-0.25, -0.2) is 14.4 Å². The molecule has 1 N–H and O–H groups in total. The monoisotopic (exact) mass is 381 g/mol. The Balaban J connectivity index is 2.72. The zero-order valence-corrected chi connectivity index (χ0v) is 15.2. The number of hydrogen-bond acceptors (Lipinski definition) is 10. The van der Waals surface area contributed by atoms with Gasteiger partial charge in [0.05, 0.1) is 46.3 Å². The molecule has 1 aromatic carbocycles. The van der Waals surface area contributed by atoms with Crippen LogP contribution in [-0.2, 0) is 28.5 Å². The zero-order valence-electron chi connectivity index (χ0n) is 15.2. The zero-order chi connectivity index (χ0) is 20.1. The first-order chi connectivity index (χ1) is 12.9. The number of nitrogens with zero attached hydrogens (tertiary/aromatic N) is 1. The van der Waals surface area contributed by atoms with Gasteiger partial charge in [-0.3, -0.25) is 0 Å². The fourth-order valence-electron chi connectivity index (χ4n) is 2.52. The first kappa shape index (κ1) is 20.0. The maximum atomic E-state index is 12.3. The smallest absolute Gasteiger partial charge is 0.355 e. The molecule has 1 aromatic rings. The average Bonchev–Trinajstić information content (AvgIpc) is 2.71. The van der Waals surface area contributed by atoms with E-state index in [0.29, 0.717) is 0 Å². The molecule has 0 aromatic heterocycles. The summed E-state index contributed by atoms with van der Waals surface area (Å²) < 4.78 is 24.6. The van der Waals surface area contributed by atoms with Gasteiger partial charge in [0.1, 0.15) is 23.7 Å². The van der Waals surface area contributed by atoms with Crippen molar-refractivity contribution in [2.24, 2.45) is 0 Å². The molecule has 0 spiro atoms. The molecule has 0 saturated heterocycles. The number of benzene rings is 1. The minimum absolute atomic E-state index is 0.0174. The van der Waals surface area contributed by atoms with E-state index in [0.717, 1.165) is 21.3 Å². The van der Waals surface area contributed by atoms with Crippen LogP contribution < -0.4 is 9.64 Å². The number of esters is 3. The normalized spacial score (nSPS) is 13.9. The highest BCUT2D eigenvalue weighted by Gasteiger charge is 2.34. The first-order valence-corrected chi connectivity index (χ1v) is 7.63. The molecule has 0 atom stereocenters.